The van der Waals surface area contributed by atoms with Crippen molar-refractivity contribution in [2.75, 3.05) is 6.61 Å². The van der Waals surface area contributed by atoms with Gasteiger partial charge in [0.1, 0.15) is 24.5 Å². The van der Waals surface area contributed by atoms with Gasteiger partial charge in [0.15, 0.2) is 5.69 Å². The lowest BCUT2D eigenvalue weighted by Gasteiger charge is -2.27. The van der Waals surface area contributed by atoms with Gasteiger partial charge in [0.2, 0.25) is 11.8 Å². The van der Waals surface area contributed by atoms with Crippen LogP contribution in [0.3, 0.4) is 0 Å². The summed E-state index contributed by atoms with van der Waals surface area (Å²) in [5.41, 5.74) is 5.40. The number of aliphatic hydroxyl groups is 1. The highest BCUT2D eigenvalue weighted by atomic mass is 16.5. The third kappa shape index (κ3) is 9.71. The second-order valence-corrected chi connectivity index (χ2v) is 12.0. The second-order valence-electron chi connectivity index (χ2n) is 12.0. The summed E-state index contributed by atoms with van der Waals surface area (Å²) in [6.45, 7) is 5.22. The largest absolute Gasteiger partial charge is 0.490 e. The van der Waals surface area contributed by atoms with Crippen LogP contribution in [-0.2, 0) is 16.0 Å². The van der Waals surface area contributed by atoms with E-state index in [2.05, 4.69) is 25.9 Å². The van der Waals surface area contributed by atoms with Crippen LogP contribution in [0, 0.1) is 0 Å². The zero-order valence-corrected chi connectivity index (χ0v) is 26.3. The van der Waals surface area contributed by atoms with Crippen molar-refractivity contribution in [3.63, 3.8) is 0 Å². The minimum atomic E-state index is -1.50. The molecule has 13 heteroatoms. The molecule has 0 saturated heterocycles. The molecular weight excluding hydrogens is 604 g/mol. The molecule has 3 aromatic carbocycles. The predicted octanol–water partition coefficient (Wildman–Crippen LogP) is 1.59. The van der Waals surface area contributed by atoms with Crippen molar-refractivity contribution >= 4 is 34.7 Å². The van der Waals surface area contributed by atoms with Crippen LogP contribution in [0.25, 0.3) is 11.0 Å². The molecule has 0 unspecified atom stereocenters. The molecule has 3 atom stereocenters. The molecule has 0 spiro atoms. The first-order valence-electron chi connectivity index (χ1n) is 15.0. The van der Waals surface area contributed by atoms with E-state index >= 15 is 0 Å². The van der Waals surface area contributed by atoms with Crippen LogP contribution >= 0.6 is 0 Å². The monoisotopic (exact) mass is 642 g/mol. The lowest BCUT2D eigenvalue weighted by atomic mass is 10.0. The summed E-state index contributed by atoms with van der Waals surface area (Å²) in [5, 5.41) is 19.2. The summed E-state index contributed by atoms with van der Waals surface area (Å²) < 4.78 is 5.88. The van der Waals surface area contributed by atoms with Gasteiger partial charge >= 0.3 is 0 Å². The Labute approximate surface area is 270 Å². The molecule has 47 heavy (non-hydrogen) atoms. The highest BCUT2D eigenvalue weighted by Crippen LogP contribution is 2.20. The van der Waals surface area contributed by atoms with E-state index in [9.17, 15) is 29.1 Å². The fourth-order valence-corrected chi connectivity index (χ4v) is 4.73. The van der Waals surface area contributed by atoms with Crippen LogP contribution in [0.1, 0.15) is 53.6 Å². The number of fused-ring (bicyclic) bond motifs is 1. The number of rotatable bonds is 13. The number of carbonyl (C=O) groups excluding carboxylic acids is 4. The SMILES string of the molecule is CC(C)(C)NC(=O)c1ccccc1OC[C@@H](O)[C@H](Cc1ccccc1)NC(=O)[C@H](CC(N)=O)NC(=O)c1nc2ccccc2[nH]c1=O. The van der Waals surface area contributed by atoms with Crippen molar-refractivity contribution in [2.24, 2.45) is 5.73 Å². The number of aromatic amines is 1. The molecule has 0 aliphatic heterocycles. The molecular formula is C34H38N6O7. The number of hydrogen-bond acceptors (Lipinski definition) is 8. The topological polar surface area (TPSA) is 206 Å². The minimum absolute atomic E-state index is 0.145. The van der Waals surface area contributed by atoms with Crippen molar-refractivity contribution in [1.29, 1.82) is 0 Å². The Kier molecular flexibility index (Phi) is 11.1. The minimum Gasteiger partial charge on any atom is -0.490 e. The molecule has 0 fully saturated rings. The molecule has 4 rings (SSSR count). The third-order valence-corrected chi connectivity index (χ3v) is 6.96. The van der Waals surface area contributed by atoms with Crippen LogP contribution in [-0.4, -0.2) is 69.0 Å². The predicted molar refractivity (Wildman–Crippen MR) is 175 cm³/mol. The highest BCUT2D eigenvalue weighted by Gasteiger charge is 2.30. The molecule has 0 radical (unpaired) electrons. The number of aromatic nitrogens is 2. The molecule has 7 N–H and O–H groups in total. The maximum atomic E-state index is 13.6. The molecule has 4 amide bonds. The number of nitrogens with zero attached hydrogens (tertiary/aromatic N) is 1. The van der Waals surface area contributed by atoms with Gasteiger partial charge in [0.05, 0.1) is 29.1 Å². The summed E-state index contributed by atoms with van der Waals surface area (Å²) in [5.74, 6) is -2.85. The molecule has 0 saturated carbocycles. The summed E-state index contributed by atoms with van der Waals surface area (Å²) >= 11 is 0. The summed E-state index contributed by atoms with van der Waals surface area (Å²) in [7, 11) is 0. The number of carbonyl (C=O) groups is 4. The summed E-state index contributed by atoms with van der Waals surface area (Å²) in [4.78, 5) is 70.8. The Hall–Kier alpha value is -5.56. The van der Waals surface area contributed by atoms with E-state index in [0.717, 1.165) is 5.56 Å². The van der Waals surface area contributed by atoms with Crippen LogP contribution < -0.4 is 32.0 Å². The highest BCUT2D eigenvalue weighted by molar-refractivity contribution is 5.98. The van der Waals surface area contributed by atoms with Crippen molar-refractivity contribution in [3.05, 3.63) is 106 Å². The van der Waals surface area contributed by atoms with Crippen molar-refractivity contribution in [1.82, 2.24) is 25.9 Å². The van der Waals surface area contributed by atoms with Crippen LogP contribution in [0.4, 0.5) is 0 Å². The normalized spacial score (nSPS) is 13.2. The zero-order chi connectivity index (χ0) is 34.1. The zero-order valence-electron chi connectivity index (χ0n) is 26.3. The summed E-state index contributed by atoms with van der Waals surface area (Å²) in [6.07, 6.45) is -1.76. The maximum absolute atomic E-state index is 13.6. The van der Waals surface area contributed by atoms with E-state index < -0.39 is 59.1 Å². The lowest BCUT2D eigenvalue weighted by molar-refractivity contribution is -0.128. The average Bonchev–Trinajstić information content (AvgIpc) is 3.02. The Morgan fingerprint density at radius 3 is 2.28 bits per heavy atom. The molecule has 0 aliphatic rings. The number of ether oxygens (including phenoxy) is 1. The number of nitrogens with one attached hydrogen (secondary N) is 4. The number of nitrogens with two attached hydrogens (primary N) is 1. The molecule has 0 aliphatic carbocycles. The average molecular weight is 643 g/mol. The Balaban J connectivity index is 1.53. The number of aliphatic hydroxyl groups excluding tert-OH is 1. The number of H-pyrrole nitrogens is 1. The maximum Gasteiger partial charge on any atom is 0.280 e. The van der Waals surface area contributed by atoms with Gasteiger partial charge in [-0.15, -0.1) is 0 Å². The van der Waals surface area contributed by atoms with Gasteiger partial charge in [0, 0.05) is 5.54 Å². The molecule has 1 aromatic heterocycles. The van der Waals surface area contributed by atoms with Gasteiger partial charge in [0.25, 0.3) is 17.4 Å². The fraction of sp³-hybridized carbons (Fsp3) is 0.294. The van der Waals surface area contributed by atoms with Crippen LogP contribution in [0.5, 0.6) is 5.75 Å². The van der Waals surface area contributed by atoms with Crippen LogP contribution in [0.15, 0.2) is 83.7 Å². The Morgan fingerprint density at radius 2 is 1.57 bits per heavy atom. The first-order valence-corrected chi connectivity index (χ1v) is 15.0. The molecule has 4 aromatic rings. The quantitative estimate of drug-likeness (QED) is 0.126. The van der Waals surface area contributed by atoms with E-state index in [1.54, 1.807) is 72.8 Å². The van der Waals surface area contributed by atoms with Crippen molar-refractivity contribution in [2.45, 2.75) is 57.3 Å². The number of benzene rings is 3. The third-order valence-electron chi connectivity index (χ3n) is 6.96. The van der Waals surface area contributed by atoms with Gasteiger partial charge in [-0.25, -0.2) is 4.98 Å². The molecule has 13 nitrogen and oxygen atoms in total. The molecule has 1 heterocycles. The smallest absolute Gasteiger partial charge is 0.280 e. The number of primary amides is 1. The van der Waals surface area contributed by atoms with Crippen LogP contribution in [0.2, 0.25) is 0 Å². The van der Waals surface area contributed by atoms with Gasteiger partial charge < -0.3 is 36.5 Å². The van der Waals surface area contributed by atoms with Crippen molar-refractivity contribution < 1.29 is 29.0 Å². The van der Waals surface area contributed by atoms with Gasteiger partial charge in [-0.1, -0.05) is 54.6 Å². The summed E-state index contributed by atoms with van der Waals surface area (Å²) in [6, 6.07) is 19.7. The van der Waals surface area contributed by atoms with Gasteiger partial charge in [-0.05, 0) is 57.0 Å². The molecule has 246 valence electrons. The van der Waals surface area contributed by atoms with E-state index in [0.29, 0.717) is 11.0 Å². The van der Waals surface area contributed by atoms with Gasteiger partial charge in [-0.2, -0.15) is 0 Å². The standard InChI is InChI=1S/C34H38N6O7/c1-34(2,3)40-30(43)21-13-7-10-16-27(21)47-19-26(41)24(17-20-11-5-4-6-12-20)38-31(44)25(18-28(35)42)39-33(46)29-32(45)37-23-15-9-8-14-22(23)36-29/h4-16,24-26,41H,17-19H2,1-3H3,(H2,35,42)(H,37,45)(H,38,44)(H,39,46)(H,40,43)/t24-,25-,26+/m0/s1. The van der Waals surface area contributed by atoms with E-state index in [1.165, 1.54) is 0 Å². The first-order chi connectivity index (χ1) is 22.3. The Bertz CT molecular complexity index is 1800. The second kappa shape index (κ2) is 15.1. The number of amides is 4. The lowest BCUT2D eigenvalue weighted by Crippen LogP contribution is -2.55. The van der Waals surface area contributed by atoms with E-state index in [-0.39, 0.29) is 30.2 Å². The Morgan fingerprint density at radius 1 is 0.915 bits per heavy atom. The van der Waals surface area contributed by atoms with E-state index in [4.69, 9.17) is 10.5 Å². The van der Waals surface area contributed by atoms with Crippen molar-refractivity contribution in [3.8, 4) is 5.75 Å². The van der Waals surface area contributed by atoms with E-state index in [1.807, 2.05) is 26.8 Å². The first kappa shape index (κ1) is 34.3. The number of para-hydroxylation sites is 3. The number of hydrogen-bond donors (Lipinski definition) is 6. The van der Waals surface area contributed by atoms with Gasteiger partial charge in [-0.3, -0.25) is 24.0 Å². The molecule has 0 bridgehead atoms. The fourth-order valence-electron chi connectivity index (χ4n) is 4.73.